The van der Waals surface area contributed by atoms with Gasteiger partial charge in [0.15, 0.2) is 10.8 Å². The average Bonchev–Trinajstić information content (AvgIpc) is 2.73. The summed E-state index contributed by atoms with van der Waals surface area (Å²) in [5.41, 5.74) is 6.41. The number of sulfonamides is 1. The predicted octanol–water partition coefficient (Wildman–Crippen LogP) is 1.73. The van der Waals surface area contributed by atoms with Crippen molar-refractivity contribution in [2.45, 2.75) is 31.7 Å². The molecule has 2 aromatic heterocycles. The maximum absolute atomic E-state index is 13.0. The van der Waals surface area contributed by atoms with Crippen LogP contribution in [-0.4, -0.2) is 35.2 Å². The molecule has 1 aliphatic rings. The largest absolute Gasteiger partial charge is 0.381 e. The van der Waals surface area contributed by atoms with Crippen LogP contribution < -0.4 is 5.73 Å². The topological polar surface area (TPSA) is 80.7 Å². The quantitative estimate of drug-likeness (QED) is 0.916. The summed E-state index contributed by atoms with van der Waals surface area (Å²) in [4.78, 5) is 4.15. The lowest BCUT2D eigenvalue weighted by Gasteiger charge is -2.36. The van der Waals surface area contributed by atoms with Crippen molar-refractivity contribution in [1.29, 1.82) is 0 Å². The van der Waals surface area contributed by atoms with Gasteiger partial charge in [-0.15, -0.1) is 0 Å². The van der Waals surface area contributed by atoms with E-state index in [0.717, 1.165) is 12.8 Å². The Kier molecular flexibility index (Phi) is 3.22. The number of pyridine rings is 1. The molecule has 0 aromatic carbocycles. The molecular weight excluding hydrogens is 288 g/mol. The van der Waals surface area contributed by atoms with Crippen molar-refractivity contribution < 1.29 is 8.42 Å². The Morgan fingerprint density at radius 2 is 2.10 bits per heavy atom. The van der Waals surface area contributed by atoms with Gasteiger partial charge in [-0.1, -0.05) is 19.9 Å². The van der Waals surface area contributed by atoms with Crippen LogP contribution in [-0.2, 0) is 10.0 Å². The number of nitrogens with zero attached hydrogens (tertiary/aromatic N) is 3. The van der Waals surface area contributed by atoms with E-state index < -0.39 is 10.0 Å². The Hall–Kier alpha value is -1.60. The Morgan fingerprint density at radius 3 is 2.81 bits per heavy atom. The lowest BCUT2D eigenvalue weighted by molar-refractivity contribution is 0.186. The SMILES string of the molecule is CC1(C)CCCN(S(=O)(=O)c2c(N)nc3ccccn23)C1. The highest BCUT2D eigenvalue weighted by atomic mass is 32.2. The van der Waals surface area contributed by atoms with Crippen molar-refractivity contribution in [2.24, 2.45) is 5.41 Å². The van der Waals surface area contributed by atoms with Crippen LogP contribution in [0.3, 0.4) is 0 Å². The fourth-order valence-corrected chi connectivity index (χ4v) is 4.79. The van der Waals surface area contributed by atoms with E-state index in [1.165, 1.54) is 4.31 Å². The van der Waals surface area contributed by atoms with Crippen LogP contribution >= 0.6 is 0 Å². The van der Waals surface area contributed by atoms with Crippen LogP contribution in [0.15, 0.2) is 29.4 Å². The number of nitrogens with two attached hydrogens (primary N) is 1. The van der Waals surface area contributed by atoms with Crippen LogP contribution in [0.5, 0.6) is 0 Å². The zero-order valence-corrected chi connectivity index (χ0v) is 13.1. The van der Waals surface area contributed by atoms with Crippen LogP contribution in [0.25, 0.3) is 5.65 Å². The van der Waals surface area contributed by atoms with Crippen molar-refractivity contribution in [3.8, 4) is 0 Å². The third-order valence-corrected chi connectivity index (χ3v) is 5.85. The highest BCUT2D eigenvalue weighted by Gasteiger charge is 2.37. The van der Waals surface area contributed by atoms with Gasteiger partial charge in [0, 0.05) is 19.3 Å². The van der Waals surface area contributed by atoms with Gasteiger partial charge in [0.2, 0.25) is 0 Å². The monoisotopic (exact) mass is 308 g/mol. The first kappa shape index (κ1) is 14.3. The maximum atomic E-state index is 13.0. The van der Waals surface area contributed by atoms with E-state index in [1.54, 1.807) is 22.7 Å². The molecule has 1 saturated heterocycles. The third kappa shape index (κ3) is 2.40. The number of hydrogen-bond acceptors (Lipinski definition) is 4. The number of piperidine rings is 1. The van der Waals surface area contributed by atoms with E-state index in [4.69, 9.17) is 5.73 Å². The van der Waals surface area contributed by atoms with E-state index in [9.17, 15) is 8.42 Å². The lowest BCUT2D eigenvalue weighted by Crippen LogP contribution is -2.43. The molecule has 1 aliphatic heterocycles. The van der Waals surface area contributed by atoms with Gasteiger partial charge < -0.3 is 5.73 Å². The van der Waals surface area contributed by atoms with Gasteiger partial charge in [-0.2, -0.15) is 4.31 Å². The Bertz CT molecular complexity index is 779. The summed E-state index contributed by atoms with van der Waals surface area (Å²) in [6.45, 7) is 5.22. The molecule has 0 aliphatic carbocycles. The summed E-state index contributed by atoms with van der Waals surface area (Å²) in [5, 5.41) is 0.0794. The molecule has 0 amide bonds. The van der Waals surface area contributed by atoms with Gasteiger partial charge in [-0.25, -0.2) is 13.4 Å². The van der Waals surface area contributed by atoms with Crippen molar-refractivity contribution in [3.63, 3.8) is 0 Å². The van der Waals surface area contributed by atoms with Gasteiger partial charge in [0.05, 0.1) is 0 Å². The minimum absolute atomic E-state index is 0.0133. The molecule has 0 bridgehead atoms. The molecule has 1 fully saturated rings. The first-order valence-corrected chi connectivity index (χ1v) is 8.48. The molecular formula is C14H20N4O2S. The number of anilines is 1. The first-order chi connectivity index (χ1) is 9.81. The molecule has 6 nitrogen and oxygen atoms in total. The molecule has 114 valence electrons. The van der Waals surface area contributed by atoms with E-state index in [2.05, 4.69) is 18.8 Å². The number of rotatable bonds is 2. The van der Waals surface area contributed by atoms with Gasteiger partial charge >= 0.3 is 0 Å². The molecule has 0 unspecified atom stereocenters. The summed E-state index contributed by atoms with van der Waals surface area (Å²) in [7, 11) is -3.64. The second kappa shape index (κ2) is 4.71. The number of hydrogen-bond donors (Lipinski definition) is 1. The Balaban J connectivity index is 2.10. The fraction of sp³-hybridized carbons (Fsp3) is 0.500. The average molecular weight is 308 g/mol. The predicted molar refractivity (Wildman–Crippen MR) is 81.4 cm³/mol. The molecule has 2 N–H and O–H groups in total. The smallest absolute Gasteiger partial charge is 0.262 e. The maximum Gasteiger partial charge on any atom is 0.262 e. The molecule has 21 heavy (non-hydrogen) atoms. The summed E-state index contributed by atoms with van der Waals surface area (Å²) in [6, 6.07) is 5.32. The van der Waals surface area contributed by atoms with E-state index in [1.807, 2.05) is 6.07 Å². The second-order valence-corrected chi connectivity index (χ2v) is 8.19. The van der Waals surface area contributed by atoms with Crippen LogP contribution in [0, 0.1) is 5.41 Å². The highest BCUT2D eigenvalue weighted by molar-refractivity contribution is 7.89. The number of aromatic nitrogens is 2. The van der Waals surface area contributed by atoms with Gasteiger partial charge in [0.1, 0.15) is 5.65 Å². The lowest BCUT2D eigenvalue weighted by atomic mass is 9.85. The number of nitrogen functional groups attached to an aromatic ring is 1. The minimum atomic E-state index is -3.64. The number of fused-ring (bicyclic) bond motifs is 1. The van der Waals surface area contributed by atoms with Crippen molar-refractivity contribution >= 4 is 21.5 Å². The van der Waals surface area contributed by atoms with Crippen LogP contribution in [0.1, 0.15) is 26.7 Å². The molecule has 7 heteroatoms. The van der Waals surface area contributed by atoms with E-state index >= 15 is 0 Å². The van der Waals surface area contributed by atoms with Crippen LogP contribution in [0.2, 0.25) is 0 Å². The van der Waals surface area contributed by atoms with Gasteiger partial charge in [-0.3, -0.25) is 4.40 Å². The van der Waals surface area contributed by atoms with Crippen molar-refractivity contribution in [3.05, 3.63) is 24.4 Å². The normalized spacial score (nSPS) is 19.9. The number of imidazole rings is 1. The summed E-state index contributed by atoms with van der Waals surface area (Å²) in [5.74, 6) is 0.0598. The third-order valence-electron chi connectivity index (χ3n) is 3.96. The highest BCUT2D eigenvalue weighted by Crippen LogP contribution is 2.33. The van der Waals surface area contributed by atoms with E-state index in [0.29, 0.717) is 18.7 Å². The Morgan fingerprint density at radius 1 is 1.33 bits per heavy atom. The van der Waals surface area contributed by atoms with E-state index in [-0.39, 0.29) is 16.3 Å². The molecule has 3 rings (SSSR count). The second-order valence-electron chi connectivity index (χ2n) is 6.34. The van der Waals surface area contributed by atoms with Gasteiger partial charge in [0.25, 0.3) is 10.0 Å². The van der Waals surface area contributed by atoms with Crippen LogP contribution in [0.4, 0.5) is 5.82 Å². The fourth-order valence-electron chi connectivity index (χ4n) is 2.94. The summed E-state index contributed by atoms with van der Waals surface area (Å²) in [6.07, 6.45) is 3.57. The minimum Gasteiger partial charge on any atom is -0.381 e. The van der Waals surface area contributed by atoms with Crippen molar-refractivity contribution in [1.82, 2.24) is 13.7 Å². The first-order valence-electron chi connectivity index (χ1n) is 7.04. The standard InChI is InChI=1S/C14H20N4O2S/c1-14(2)7-5-8-17(10-14)21(19,20)13-12(15)16-11-6-3-4-9-18(11)13/h3-4,6,9H,5,7-8,10,15H2,1-2H3. The zero-order valence-electron chi connectivity index (χ0n) is 12.3. The Labute approximate surface area is 124 Å². The summed E-state index contributed by atoms with van der Waals surface area (Å²) >= 11 is 0. The van der Waals surface area contributed by atoms with Gasteiger partial charge in [-0.05, 0) is 30.4 Å². The van der Waals surface area contributed by atoms with Crippen molar-refractivity contribution in [2.75, 3.05) is 18.8 Å². The molecule has 3 heterocycles. The molecule has 2 aromatic rings. The molecule has 0 radical (unpaired) electrons. The zero-order chi connectivity index (χ0) is 15.3. The molecule has 0 spiro atoms. The molecule has 0 atom stereocenters. The molecule has 0 saturated carbocycles. The summed E-state index contributed by atoms with van der Waals surface area (Å²) < 4.78 is 29.0.